The molecule has 0 atom stereocenters. The second kappa shape index (κ2) is 9.17. The fraction of sp³-hybridized carbons (Fsp3) is 0.269. The monoisotopic (exact) mass is 470 g/mol. The number of nitrogens with one attached hydrogen (secondary N) is 2. The Morgan fingerprint density at radius 3 is 2.46 bits per heavy atom. The summed E-state index contributed by atoms with van der Waals surface area (Å²) in [6, 6.07) is 11.3. The van der Waals surface area contributed by atoms with Crippen molar-refractivity contribution in [3.8, 4) is 5.82 Å². The lowest BCUT2D eigenvalue weighted by Crippen LogP contribution is -2.16. The minimum Gasteiger partial charge on any atom is -0.368 e. The van der Waals surface area contributed by atoms with Crippen LogP contribution in [0.2, 0.25) is 0 Å². The zero-order valence-corrected chi connectivity index (χ0v) is 20.8. The third-order valence-electron chi connectivity index (χ3n) is 5.53. The zero-order valence-electron chi connectivity index (χ0n) is 20.8. The molecule has 0 saturated carbocycles. The lowest BCUT2D eigenvalue weighted by atomic mass is 9.87. The third-order valence-corrected chi connectivity index (χ3v) is 5.53. The highest BCUT2D eigenvalue weighted by Crippen LogP contribution is 2.27. The van der Waals surface area contributed by atoms with Gasteiger partial charge in [-0.2, -0.15) is 14.8 Å². The molecule has 9 heteroatoms. The third kappa shape index (κ3) is 5.46. The fourth-order valence-corrected chi connectivity index (χ4v) is 3.60. The van der Waals surface area contributed by atoms with Crippen LogP contribution in [0.1, 0.15) is 53.6 Å². The van der Waals surface area contributed by atoms with E-state index in [-0.39, 0.29) is 17.3 Å². The van der Waals surface area contributed by atoms with Crippen LogP contribution in [-0.4, -0.2) is 30.6 Å². The summed E-state index contributed by atoms with van der Waals surface area (Å²) in [5.41, 5.74) is 11.3. The highest BCUT2D eigenvalue weighted by Gasteiger charge is 2.17. The summed E-state index contributed by atoms with van der Waals surface area (Å²) in [7, 11) is 0. The number of nitrogen functional groups attached to an aromatic ring is 1. The van der Waals surface area contributed by atoms with Gasteiger partial charge in [0.15, 0.2) is 5.82 Å². The number of hydrogen-bond donors (Lipinski definition) is 3. The quantitative estimate of drug-likeness (QED) is 0.380. The van der Waals surface area contributed by atoms with Gasteiger partial charge in [0.25, 0.3) is 5.91 Å². The molecule has 4 rings (SSSR count). The average molecular weight is 471 g/mol. The van der Waals surface area contributed by atoms with Crippen LogP contribution in [0, 0.1) is 20.8 Å². The minimum absolute atomic E-state index is 0.0990. The number of nitrogens with two attached hydrogens (primary N) is 1. The molecule has 0 radical (unpaired) electrons. The Hall–Kier alpha value is -4.27. The van der Waals surface area contributed by atoms with E-state index in [0.29, 0.717) is 22.9 Å². The first kappa shape index (κ1) is 23.9. The SMILES string of the molecule is Cc1cc(-n2nc(C)cc2Nc2cc(NC(=O)c3cncc(C(C)(C)C)c3)ccc2C)nc(N)n1. The van der Waals surface area contributed by atoms with Crippen LogP contribution in [0.3, 0.4) is 0 Å². The van der Waals surface area contributed by atoms with E-state index in [9.17, 15) is 4.79 Å². The van der Waals surface area contributed by atoms with Crippen molar-refractivity contribution >= 4 is 29.0 Å². The van der Waals surface area contributed by atoms with Crippen molar-refractivity contribution in [1.82, 2.24) is 24.7 Å². The Balaban J connectivity index is 1.60. The van der Waals surface area contributed by atoms with Gasteiger partial charge in [-0.05, 0) is 55.5 Å². The molecule has 9 nitrogen and oxygen atoms in total. The van der Waals surface area contributed by atoms with Crippen molar-refractivity contribution in [2.24, 2.45) is 0 Å². The van der Waals surface area contributed by atoms with Crippen molar-refractivity contribution in [2.75, 3.05) is 16.4 Å². The number of rotatable bonds is 5. The molecule has 0 saturated heterocycles. The molecule has 1 amide bonds. The molecule has 0 bridgehead atoms. The van der Waals surface area contributed by atoms with Gasteiger partial charge in [0, 0.05) is 41.6 Å². The number of nitrogens with zero attached hydrogens (tertiary/aromatic N) is 5. The highest BCUT2D eigenvalue weighted by atomic mass is 16.1. The van der Waals surface area contributed by atoms with E-state index < -0.39 is 0 Å². The molecule has 0 spiro atoms. The molecule has 1 aromatic carbocycles. The smallest absolute Gasteiger partial charge is 0.257 e. The first-order chi connectivity index (χ1) is 16.5. The van der Waals surface area contributed by atoms with Gasteiger partial charge in [-0.15, -0.1) is 0 Å². The molecule has 0 fully saturated rings. The summed E-state index contributed by atoms with van der Waals surface area (Å²) < 4.78 is 1.69. The maximum atomic E-state index is 12.9. The molecule has 4 aromatic rings. The van der Waals surface area contributed by atoms with E-state index in [0.717, 1.165) is 28.2 Å². The second-order valence-corrected chi connectivity index (χ2v) is 9.63. The number of carbonyl (C=O) groups is 1. The average Bonchev–Trinajstić information content (AvgIpc) is 3.15. The Labute approximate surface area is 204 Å². The number of amides is 1. The fourth-order valence-electron chi connectivity index (χ4n) is 3.60. The van der Waals surface area contributed by atoms with Crippen molar-refractivity contribution in [3.63, 3.8) is 0 Å². The normalized spacial score (nSPS) is 11.4. The largest absolute Gasteiger partial charge is 0.368 e. The van der Waals surface area contributed by atoms with Crippen LogP contribution in [0.25, 0.3) is 5.82 Å². The van der Waals surface area contributed by atoms with Crippen LogP contribution in [-0.2, 0) is 5.41 Å². The standard InChI is InChI=1S/C26H30N8O/c1-15-7-8-20(30-24(35)18-11-19(14-28-13-18)26(4,5)6)12-21(15)31-22-10-17(3)33-34(22)23-9-16(2)29-25(27)32-23/h7-14,31H,1-6H3,(H,30,35)(H2,27,29,32). The van der Waals surface area contributed by atoms with Crippen molar-refractivity contribution in [2.45, 2.75) is 47.0 Å². The number of aromatic nitrogens is 5. The van der Waals surface area contributed by atoms with E-state index in [1.165, 1.54) is 0 Å². The highest BCUT2D eigenvalue weighted by molar-refractivity contribution is 6.04. The van der Waals surface area contributed by atoms with Gasteiger partial charge in [-0.25, -0.2) is 4.98 Å². The molecule has 0 aliphatic rings. The van der Waals surface area contributed by atoms with E-state index in [1.54, 1.807) is 17.1 Å². The topological polar surface area (TPSA) is 124 Å². The molecule has 3 heterocycles. The lowest BCUT2D eigenvalue weighted by Gasteiger charge is -2.19. The summed E-state index contributed by atoms with van der Waals surface area (Å²) in [5, 5.41) is 11.0. The van der Waals surface area contributed by atoms with E-state index in [1.807, 2.05) is 57.2 Å². The van der Waals surface area contributed by atoms with Crippen molar-refractivity contribution in [1.29, 1.82) is 0 Å². The van der Waals surface area contributed by atoms with E-state index >= 15 is 0 Å². The Morgan fingerprint density at radius 1 is 0.971 bits per heavy atom. The number of hydrogen-bond acceptors (Lipinski definition) is 7. The molecule has 0 unspecified atom stereocenters. The number of carbonyl (C=O) groups excluding carboxylic acids is 1. The lowest BCUT2D eigenvalue weighted by molar-refractivity contribution is 0.102. The molecule has 0 aliphatic carbocycles. The first-order valence-electron chi connectivity index (χ1n) is 11.3. The number of aryl methyl sites for hydroxylation is 3. The maximum absolute atomic E-state index is 12.9. The zero-order chi connectivity index (χ0) is 25.3. The summed E-state index contributed by atoms with van der Waals surface area (Å²) in [6.45, 7) is 12.0. The minimum atomic E-state index is -0.216. The molecule has 0 aliphatic heterocycles. The Morgan fingerprint density at radius 2 is 1.74 bits per heavy atom. The number of benzene rings is 1. The van der Waals surface area contributed by atoms with Gasteiger partial charge in [0.05, 0.1) is 11.3 Å². The van der Waals surface area contributed by atoms with Gasteiger partial charge in [-0.1, -0.05) is 26.8 Å². The van der Waals surface area contributed by atoms with Gasteiger partial charge in [0.2, 0.25) is 5.95 Å². The molecular weight excluding hydrogens is 440 g/mol. The van der Waals surface area contributed by atoms with E-state index in [2.05, 4.69) is 51.5 Å². The molecule has 3 aromatic heterocycles. The van der Waals surface area contributed by atoms with Gasteiger partial charge in [-0.3, -0.25) is 9.78 Å². The van der Waals surface area contributed by atoms with Gasteiger partial charge < -0.3 is 16.4 Å². The van der Waals surface area contributed by atoms with Crippen LogP contribution in [0.4, 0.5) is 23.1 Å². The molecule has 35 heavy (non-hydrogen) atoms. The predicted molar refractivity (Wildman–Crippen MR) is 138 cm³/mol. The summed E-state index contributed by atoms with van der Waals surface area (Å²) in [4.78, 5) is 25.7. The van der Waals surface area contributed by atoms with Gasteiger partial charge in [0.1, 0.15) is 5.82 Å². The number of anilines is 4. The molecule has 180 valence electrons. The van der Waals surface area contributed by atoms with Crippen molar-refractivity contribution in [3.05, 3.63) is 76.9 Å². The van der Waals surface area contributed by atoms with E-state index in [4.69, 9.17) is 5.73 Å². The Bertz CT molecular complexity index is 1380. The Kier molecular flexibility index (Phi) is 6.26. The summed E-state index contributed by atoms with van der Waals surface area (Å²) in [6.07, 6.45) is 3.37. The maximum Gasteiger partial charge on any atom is 0.257 e. The summed E-state index contributed by atoms with van der Waals surface area (Å²) >= 11 is 0. The van der Waals surface area contributed by atoms with Crippen LogP contribution in [0.15, 0.2) is 48.8 Å². The predicted octanol–water partition coefficient (Wildman–Crippen LogP) is 4.86. The first-order valence-corrected chi connectivity index (χ1v) is 11.3. The summed E-state index contributed by atoms with van der Waals surface area (Å²) in [5.74, 6) is 1.25. The van der Waals surface area contributed by atoms with Crippen LogP contribution in [0.5, 0.6) is 0 Å². The number of pyridine rings is 1. The second-order valence-electron chi connectivity index (χ2n) is 9.63. The van der Waals surface area contributed by atoms with Crippen LogP contribution < -0.4 is 16.4 Å². The van der Waals surface area contributed by atoms with Gasteiger partial charge >= 0.3 is 0 Å². The van der Waals surface area contributed by atoms with Crippen LogP contribution >= 0.6 is 0 Å². The molecular formula is C26H30N8O. The van der Waals surface area contributed by atoms with Crippen molar-refractivity contribution < 1.29 is 4.79 Å². The molecule has 4 N–H and O–H groups in total.